The Labute approximate surface area is 208 Å². The first kappa shape index (κ1) is 25.1. The number of nitrogens with one attached hydrogen (secondary N) is 1. The number of likely N-dealkylation sites (N-methyl/N-ethyl adjacent to an activating group) is 1. The number of rotatable bonds is 11. The van der Waals surface area contributed by atoms with Gasteiger partial charge in [0.25, 0.3) is 0 Å². The number of carbonyl (C=O) groups excluding carboxylic acids is 2. The normalized spacial score (nSPS) is 11.6. The van der Waals surface area contributed by atoms with Gasteiger partial charge in [0, 0.05) is 29.7 Å². The molecule has 0 spiro atoms. The van der Waals surface area contributed by atoms with Crippen molar-refractivity contribution in [1.82, 2.24) is 10.2 Å². The van der Waals surface area contributed by atoms with Gasteiger partial charge in [-0.05, 0) is 35.7 Å². The van der Waals surface area contributed by atoms with Gasteiger partial charge < -0.3 is 10.2 Å². The molecule has 0 unspecified atom stereocenters. The fourth-order valence-electron chi connectivity index (χ4n) is 3.55. The Hall–Kier alpha value is -2.57. The number of halogens is 1. The highest BCUT2D eigenvalue weighted by molar-refractivity contribution is 9.10. The maximum absolute atomic E-state index is 13.5. The fourth-order valence-corrected chi connectivity index (χ4v) is 4.68. The lowest BCUT2D eigenvalue weighted by molar-refractivity contribution is -0.139. The molecule has 3 aromatic rings. The summed E-state index contributed by atoms with van der Waals surface area (Å²) in [5.41, 5.74) is 3.19. The number of hydrogen-bond donors (Lipinski definition) is 1. The van der Waals surface area contributed by atoms with E-state index in [-0.39, 0.29) is 11.8 Å². The Morgan fingerprint density at radius 3 is 2.09 bits per heavy atom. The Balaban J connectivity index is 1.81. The van der Waals surface area contributed by atoms with Crippen molar-refractivity contribution in [1.29, 1.82) is 0 Å². The first-order valence-electron chi connectivity index (χ1n) is 11.0. The third kappa shape index (κ3) is 8.06. The van der Waals surface area contributed by atoms with Crippen molar-refractivity contribution >= 4 is 39.5 Å². The van der Waals surface area contributed by atoms with E-state index in [1.807, 2.05) is 79.7 Å². The third-order valence-electron chi connectivity index (χ3n) is 5.23. The molecule has 0 aliphatic rings. The van der Waals surface area contributed by atoms with Crippen LogP contribution in [0.2, 0.25) is 0 Å². The molecule has 0 aliphatic carbocycles. The van der Waals surface area contributed by atoms with Gasteiger partial charge in [0.1, 0.15) is 6.04 Å². The van der Waals surface area contributed by atoms with Crippen LogP contribution in [0.4, 0.5) is 0 Å². The van der Waals surface area contributed by atoms with Crippen LogP contribution < -0.4 is 5.32 Å². The predicted molar refractivity (Wildman–Crippen MR) is 140 cm³/mol. The van der Waals surface area contributed by atoms with Crippen molar-refractivity contribution in [3.05, 3.63) is 106 Å². The molecule has 1 atom stereocenters. The van der Waals surface area contributed by atoms with E-state index in [0.717, 1.165) is 21.4 Å². The number of nitrogens with zero attached hydrogens (tertiary/aromatic N) is 1. The predicted octanol–water partition coefficient (Wildman–Crippen LogP) is 5.46. The topological polar surface area (TPSA) is 49.4 Å². The second-order valence-electron chi connectivity index (χ2n) is 7.73. The van der Waals surface area contributed by atoms with Crippen LogP contribution >= 0.6 is 27.7 Å². The highest BCUT2D eigenvalue weighted by atomic mass is 79.9. The molecule has 172 valence electrons. The van der Waals surface area contributed by atoms with Crippen LogP contribution in [0.25, 0.3) is 0 Å². The molecule has 2 amide bonds. The van der Waals surface area contributed by atoms with E-state index in [0.29, 0.717) is 25.3 Å². The largest absolute Gasteiger partial charge is 0.355 e. The Bertz CT molecular complexity index is 1010. The molecule has 0 saturated carbocycles. The summed E-state index contributed by atoms with van der Waals surface area (Å²) in [6.45, 7) is 2.80. The van der Waals surface area contributed by atoms with Crippen molar-refractivity contribution in [3.8, 4) is 0 Å². The molecule has 3 aromatic carbocycles. The zero-order valence-corrected chi connectivity index (χ0v) is 21.1. The van der Waals surface area contributed by atoms with E-state index in [1.165, 1.54) is 5.56 Å². The van der Waals surface area contributed by atoms with Crippen molar-refractivity contribution < 1.29 is 9.59 Å². The summed E-state index contributed by atoms with van der Waals surface area (Å²) in [5.74, 6) is 0.908. The monoisotopic (exact) mass is 524 g/mol. The molecule has 6 heteroatoms. The summed E-state index contributed by atoms with van der Waals surface area (Å²) in [6, 6.07) is 27.3. The summed E-state index contributed by atoms with van der Waals surface area (Å²) >= 11 is 5.04. The molecule has 0 radical (unpaired) electrons. The summed E-state index contributed by atoms with van der Waals surface area (Å²) in [6.07, 6.45) is 0.471. The van der Waals surface area contributed by atoms with Crippen LogP contribution in [0.1, 0.15) is 23.6 Å². The molecule has 3 rings (SSSR count). The van der Waals surface area contributed by atoms with Gasteiger partial charge in [0.15, 0.2) is 0 Å². The maximum atomic E-state index is 13.5. The average Bonchev–Trinajstić information content (AvgIpc) is 2.84. The molecular formula is C27H29BrN2O2S. The summed E-state index contributed by atoms with van der Waals surface area (Å²) in [4.78, 5) is 28.3. The number of carbonyl (C=O) groups is 2. The third-order valence-corrected chi connectivity index (χ3v) is 6.74. The zero-order chi connectivity index (χ0) is 23.5. The van der Waals surface area contributed by atoms with Crippen LogP contribution in [-0.2, 0) is 28.3 Å². The van der Waals surface area contributed by atoms with E-state index in [2.05, 4.69) is 33.4 Å². The van der Waals surface area contributed by atoms with Gasteiger partial charge in [0.2, 0.25) is 11.8 Å². The quantitative estimate of drug-likeness (QED) is 0.362. The molecular weight excluding hydrogens is 496 g/mol. The first-order valence-corrected chi connectivity index (χ1v) is 13.0. The number of benzene rings is 3. The van der Waals surface area contributed by atoms with Crippen molar-refractivity contribution in [2.75, 3.05) is 12.3 Å². The van der Waals surface area contributed by atoms with Crippen LogP contribution in [0.3, 0.4) is 0 Å². The van der Waals surface area contributed by atoms with Crippen LogP contribution in [0.5, 0.6) is 0 Å². The second kappa shape index (κ2) is 13.2. The molecule has 0 heterocycles. The maximum Gasteiger partial charge on any atom is 0.243 e. The lowest BCUT2D eigenvalue weighted by Gasteiger charge is -2.31. The van der Waals surface area contributed by atoms with Gasteiger partial charge in [-0.25, -0.2) is 0 Å². The molecule has 0 aromatic heterocycles. The highest BCUT2D eigenvalue weighted by Gasteiger charge is 2.30. The average molecular weight is 526 g/mol. The molecule has 0 fully saturated rings. The van der Waals surface area contributed by atoms with Crippen LogP contribution in [0.15, 0.2) is 89.4 Å². The van der Waals surface area contributed by atoms with Crippen LogP contribution in [-0.4, -0.2) is 35.1 Å². The number of thioether (sulfide) groups is 1. The SMILES string of the molecule is CCNC(=O)[C@H](Cc1ccccc1)N(Cc1ccc(Br)cc1)C(=O)CSCc1ccccc1. The van der Waals surface area contributed by atoms with E-state index in [9.17, 15) is 9.59 Å². The van der Waals surface area contributed by atoms with Crippen molar-refractivity contribution in [3.63, 3.8) is 0 Å². The molecule has 33 heavy (non-hydrogen) atoms. The van der Waals surface area contributed by atoms with Gasteiger partial charge >= 0.3 is 0 Å². The number of hydrogen-bond acceptors (Lipinski definition) is 3. The first-order chi connectivity index (χ1) is 16.1. The van der Waals surface area contributed by atoms with E-state index in [4.69, 9.17) is 0 Å². The van der Waals surface area contributed by atoms with E-state index >= 15 is 0 Å². The molecule has 0 aliphatic heterocycles. The van der Waals surface area contributed by atoms with Crippen molar-refractivity contribution in [2.24, 2.45) is 0 Å². The molecule has 4 nitrogen and oxygen atoms in total. The lowest BCUT2D eigenvalue weighted by Crippen LogP contribution is -2.51. The standard InChI is InChI=1S/C27H29BrN2O2S/c1-2-29-27(32)25(17-21-9-5-3-6-10-21)30(18-22-13-15-24(28)16-14-22)26(31)20-33-19-23-11-7-4-8-12-23/h3-16,25H,2,17-20H2,1H3,(H,29,32)/t25-/m0/s1. The number of amides is 2. The molecule has 0 saturated heterocycles. The van der Waals surface area contributed by atoms with Gasteiger partial charge in [-0.3, -0.25) is 9.59 Å². The van der Waals surface area contributed by atoms with E-state index in [1.54, 1.807) is 16.7 Å². The minimum atomic E-state index is -0.583. The second-order valence-corrected chi connectivity index (χ2v) is 9.63. The smallest absolute Gasteiger partial charge is 0.243 e. The Morgan fingerprint density at radius 1 is 0.879 bits per heavy atom. The van der Waals surface area contributed by atoms with Gasteiger partial charge in [0.05, 0.1) is 5.75 Å². The summed E-state index contributed by atoms with van der Waals surface area (Å²) < 4.78 is 0.979. The van der Waals surface area contributed by atoms with Crippen molar-refractivity contribution in [2.45, 2.75) is 31.7 Å². The minimum Gasteiger partial charge on any atom is -0.355 e. The Morgan fingerprint density at radius 2 is 1.48 bits per heavy atom. The Kier molecular flexibility index (Phi) is 10.0. The van der Waals surface area contributed by atoms with Gasteiger partial charge in [-0.2, -0.15) is 0 Å². The van der Waals surface area contributed by atoms with E-state index < -0.39 is 6.04 Å². The van der Waals surface area contributed by atoms with Crippen LogP contribution in [0, 0.1) is 0 Å². The fraction of sp³-hybridized carbons (Fsp3) is 0.259. The molecule has 1 N–H and O–H groups in total. The lowest BCUT2D eigenvalue weighted by atomic mass is 10.0. The zero-order valence-electron chi connectivity index (χ0n) is 18.7. The summed E-state index contributed by atoms with van der Waals surface area (Å²) in [7, 11) is 0. The molecule has 0 bridgehead atoms. The van der Waals surface area contributed by atoms with Gasteiger partial charge in [-0.1, -0.05) is 88.7 Å². The highest BCUT2D eigenvalue weighted by Crippen LogP contribution is 2.19. The minimum absolute atomic E-state index is 0.0361. The summed E-state index contributed by atoms with van der Waals surface area (Å²) in [5, 5.41) is 2.93. The van der Waals surface area contributed by atoms with Gasteiger partial charge in [-0.15, -0.1) is 11.8 Å².